The van der Waals surface area contributed by atoms with Gasteiger partial charge in [-0.25, -0.2) is 0 Å². The predicted octanol–water partition coefficient (Wildman–Crippen LogP) is 1.82. The van der Waals surface area contributed by atoms with Crippen molar-refractivity contribution in [2.24, 2.45) is 0 Å². The van der Waals surface area contributed by atoms with Gasteiger partial charge in [0.15, 0.2) is 0 Å². The minimum atomic E-state index is -0.712. The van der Waals surface area contributed by atoms with Gasteiger partial charge in [-0.3, -0.25) is 0 Å². The Labute approximate surface area is 105 Å². The summed E-state index contributed by atoms with van der Waals surface area (Å²) < 4.78 is 2.15. The molecular weight excluding hydrogens is 361 g/mol. The van der Waals surface area contributed by atoms with Crippen molar-refractivity contribution < 1.29 is 10.2 Å². The number of halogens is 2. The summed E-state index contributed by atoms with van der Waals surface area (Å²) in [5, 5.41) is 20.8. The van der Waals surface area contributed by atoms with Crippen molar-refractivity contribution in [2.75, 3.05) is 18.5 Å². The summed E-state index contributed by atoms with van der Waals surface area (Å²) in [7, 11) is 0. The molecule has 0 aromatic heterocycles. The Morgan fingerprint density at radius 1 is 1.50 bits per heavy atom. The molecule has 0 heterocycles. The number of rotatable bonds is 4. The second-order valence-corrected chi connectivity index (χ2v) is 4.86. The van der Waals surface area contributed by atoms with E-state index in [0.29, 0.717) is 6.54 Å². The van der Waals surface area contributed by atoms with Crippen LogP contribution in [-0.4, -0.2) is 29.5 Å². The molecule has 0 radical (unpaired) electrons. The fourth-order valence-electron chi connectivity index (χ4n) is 0.906. The van der Waals surface area contributed by atoms with Crippen molar-refractivity contribution in [2.45, 2.75) is 6.10 Å². The first-order valence-electron chi connectivity index (χ1n) is 4.11. The van der Waals surface area contributed by atoms with Gasteiger partial charge in [0.2, 0.25) is 0 Å². The van der Waals surface area contributed by atoms with Crippen LogP contribution >= 0.6 is 38.5 Å². The summed E-state index contributed by atoms with van der Waals surface area (Å²) in [6, 6.07) is 5.82. The molecule has 0 spiro atoms. The molecule has 3 N–H and O–H groups in total. The molecule has 1 atom stereocenters. The molecule has 0 aliphatic rings. The summed E-state index contributed by atoms with van der Waals surface area (Å²) in [4.78, 5) is 0. The lowest BCUT2D eigenvalue weighted by atomic mass is 10.3. The van der Waals surface area contributed by atoms with E-state index in [1.807, 2.05) is 18.2 Å². The van der Waals surface area contributed by atoms with E-state index in [1.165, 1.54) is 0 Å². The van der Waals surface area contributed by atoms with Crippen LogP contribution in [0.25, 0.3) is 0 Å². The van der Waals surface area contributed by atoms with Gasteiger partial charge in [0, 0.05) is 20.3 Å². The van der Waals surface area contributed by atoms with Gasteiger partial charge in [-0.05, 0) is 56.7 Å². The third-order valence-electron chi connectivity index (χ3n) is 1.67. The SMILES string of the molecule is OC[C@@H](O)CNc1ccc(Br)c(I)c1. The van der Waals surface area contributed by atoms with Crippen LogP contribution in [0.2, 0.25) is 0 Å². The highest BCUT2D eigenvalue weighted by molar-refractivity contribution is 14.1. The lowest BCUT2D eigenvalue weighted by Gasteiger charge is -2.10. The number of aliphatic hydroxyl groups is 2. The quantitative estimate of drug-likeness (QED) is 0.707. The van der Waals surface area contributed by atoms with Crippen LogP contribution in [-0.2, 0) is 0 Å². The van der Waals surface area contributed by atoms with Gasteiger partial charge < -0.3 is 15.5 Å². The van der Waals surface area contributed by atoms with Gasteiger partial charge >= 0.3 is 0 Å². The Kier molecular flexibility index (Phi) is 5.14. The van der Waals surface area contributed by atoms with Crippen LogP contribution in [0, 0.1) is 3.57 Å². The third kappa shape index (κ3) is 3.72. The van der Waals surface area contributed by atoms with Crippen LogP contribution in [0.4, 0.5) is 5.69 Å². The highest BCUT2D eigenvalue weighted by Gasteiger charge is 2.02. The van der Waals surface area contributed by atoms with Crippen molar-refractivity contribution >= 4 is 44.2 Å². The van der Waals surface area contributed by atoms with Gasteiger partial charge in [-0.1, -0.05) is 0 Å². The summed E-state index contributed by atoms with van der Waals surface area (Å²) >= 11 is 5.62. The molecule has 1 rings (SSSR count). The molecule has 0 saturated carbocycles. The molecular formula is C9H11BrINO2. The highest BCUT2D eigenvalue weighted by atomic mass is 127. The fourth-order valence-corrected chi connectivity index (χ4v) is 1.67. The molecule has 1 aromatic carbocycles. The molecule has 1 aromatic rings. The Morgan fingerprint density at radius 2 is 2.21 bits per heavy atom. The predicted molar refractivity (Wildman–Crippen MR) is 68.4 cm³/mol. The number of hydrogen-bond acceptors (Lipinski definition) is 3. The van der Waals surface area contributed by atoms with Crippen molar-refractivity contribution in [1.29, 1.82) is 0 Å². The van der Waals surface area contributed by atoms with Gasteiger partial charge in [0.25, 0.3) is 0 Å². The Balaban J connectivity index is 2.55. The maximum absolute atomic E-state index is 9.12. The molecule has 78 valence electrons. The molecule has 0 bridgehead atoms. The monoisotopic (exact) mass is 371 g/mol. The zero-order chi connectivity index (χ0) is 10.6. The van der Waals surface area contributed by atoms with Gasteiger partial charge in [0.05, 0.1) is 12.7 Å². The molecule has 3 nitrogen and oxygen atoms in total. The van der Waals surface area contributed by atoms with E-state index >= 15 is 0 Å². The van der Waals surface area contributed by atoms with E-state index in [-0.39, 0.29) is 6.61 Å². The molecule has 5 heteroatoms. The van der Waals surface area contributed by atoms with Crippen LogP contribution in [0.3, 0.4) is 0 Å². The lowest BCUT2D eigenvalue weighted by Crippen LogP contribution is -2.22. The standard InChI is InChI=1S/C9H11BrINO2/c10-8-2-1-6(3-9(8)11)12-4-7(14)5-13/h1-3,7,12-14H,4-5H2/t7-/m0/s1. The van der Waals surface area contributed by atoms with E-state index in [2.05, 4.69) is 43.8 Å². The van der Waals surface area contributed by atoms with Gasteiger partial charge in [0.1, 0.15) is 0 Å². The van der Waals surface area contributed by atoms with E-state index in [9.17, 15) is 0 Å². The first-order chi connectivity index (χ1) is 6.63. The number of anilines is 1. The fraction of sp³-hybridized carbons (Fsp3) is 0.333. The summed E-state index contributed by atoms with van der Waals surface area (Å²) in [5.74, 6) is 0. The minimum absolute atomic E-state index is 0.222. The number of benzene rings is 1. The van der Waals surface area contributed by atoms with Crippen molar-refractivity contribution in [3.63, 3.8) is 0 Å². The molecule has 0 aliphatic carbocycles. The zero-order valence-electron chi connectivity index (χ0n) is 7.37. The van der Waals surface area contributed by atoms with E-state index in [1.54, 1.807) is 0 Å². The highest BCUT2D eigenvalue weighted by Crippen LogP contribution is 2.22. The summed E-state index contributed by atoms with van der Waals surface area (Å²) in [6.07, 6.45) is -0.712. The topological polar surface area (TPSA) is 52.5 Å². The average Bonchev–Trinajstić information content (AvgIpc) is 2.19. The lowest BCUT2D eigenvalue weighted by molar-refractivity contribution is 0.105. The molecule has 0 amide bonds. The normalized spacial score (nSPS) is 12.6. The second kappa shape index (κ2) is 5.89. The summed E-state index contributed by atoms with van der Waals surface area (Å²) in [5.41, 5.74) is 0.935. The largest absolute Gasteiger partial charge is 0.394 e. The number of hydrogen-bond donors (Lipinski definition) is 3. The average molecular weight is 372 g/mol. The van der Waals surface area contributed by atoms with Gasteiger partial charge in [-0.15, -0.1) is 0 Å². The Bertz CT molecular complexity index is 309. The molecule has 0 aliphatic heterocycles. The molecule has 14 heavy (non-hydrogen) atoms. The van der Waals surface area contributed by atoms with Crippen LogP contribution < -0.4 is 5.32 Å². The van der Waals surface area contributed by atoms with Crippen molar-refractivity contribution in [1.82, 2.24) is 0 Å². The second-order valence-electron chi connectivity index (χ2n) is 2.85. The molecule has 0 saturated heterocycles. The van der Waals surface area contributed by atoms with E-state index in [4.69, 9.17) is 10.2 Å². The minimum Gasteiger partial charge on any atom is -0.394 e. The smallest absolute Gasteiger partial charge is 0.0942 e. The zero-order valence-corrected chi connectivity index (χ0v) is 11.1. The first-order valence-corrected chi connectivity index (χ1v) is 5.98. The van der Waals surface area contributed by atoms with E-state index in [0.717, 1.165) is 13.7 Å². The number of aliphatic hydroxyl groups excluding tert-OH is 2. The van der Waals surface area contributed by atoms with Crippen LogP contribution in [0.15, 0.2) is 22.7 Å². The number of nitrogens with one attached hydrogen (secondary N) is 1. The first kappa shape index (κ1) is 12.2. The maximum atomic E-state index is 9.12. The molecule has 0 unspecified atom stereocenters. The molecule has 0 fully saturated rings. The maximum Gasteiger partial charge on any atom is 0.0942 e. The van der Waals surface area contributed by atoms with Crippen molar-refractivity contribution in [3.8, 4) is 0 Å². The van der Waals surface area contributed by atoms with Crippen LogP contribution in [0.1, 0.15) is 0 Å². The van der Waals surface area contributed by atoms with Gasteiger partial charge in [-0.2, -0.15) is 0 Å². The van der Waals surface area contributed by atoms with Crippen molar-refractivity contribution in [3.05, 3.63) is 26.2 Å². The Morgan fingerprint density at radius 3 is 2.79 bits per heavy atom. The Hall–Kier alpha value is 0.150. The third-order valence-corrected chi connectivity index (χ3v) is 4.00. The van der Waals surface area contributed by atoms with E-state index < -0.39 is 6.10 Å². The van der Waals surface area contributed by atoms with Crippen LogP contribution in [0.5, 0.6) is 0 Å². The summed E-state index contributed by atoms with van der Waals surface area (Å²) in [6.45, 7) is 0.134.